The first-order valence-electron chi connectivity index (χ1n) is 11.1. The molecule has 0 fully saturated rings. The number of nitrogens with zero attached hydrogens (tertiary/aromatic N) is 4. The summed E-state index contributed by atoms with van der Waals surface area (Å²) in [6, 6.07) is 0. The average molecular weight is 497 g/mol. The van der Waals surface area contributed by atoms with Gasteiger partial charge in [-0.3, -0.25) is 0 Å². The summed E-state index contributed by atoms with van der Waals surface area (Å²) in [7, 11) is 6.39. The summed E-state index contributed by atoms with van der Waals surface area (Å²) < 4.78 is 3.48. The quantitative estimate of drug-likeness (QED) is 0.317. The number of anilines is 2. The highest BCUT2D eigenvalue weighted by Crippen LogP contribution is 2.31. The molecule has 0 amide bonds. The fourth-order valence-corrected chi connectivity index (χ4v) is 5.27. The van der Waals surface area contributed by atoms with Gasteiger partial charge in [-0.1, -0.05) is 62.7 Å². The molecule has 8 heteroatoms. The second-order valence-corrected chi connectivity index (χ2v) is 10.0. The van der Waals surface area contributed by atoms with E-state index in [1.165, 1.54) is 11.3 Å². The smallest absolute Gasteiger partial charge is 0.0798 e. The van der Waals surface area contributed by atoms with Crippen molar-refractivity contribution in [3.63, 3.8) is 0 Å². The highest BCUT2D eigenvalue weighted by Gasteiger charge is 2.19. The van der Waals surface area contributed by atoms with Crippen LogP contribution in [0.25, 0.3) is 0 Å². The van der Waals surface area contributed by atoms with Crippen LogP contribution in [0.3, 0.4) is 0 Å². The van der Waals surface area contributed by atoms with Gasteiger partial charge in [-0.05, 0) is 57.6 Å². The van der Waals surface area contributed by atoms with Crippen LogP contribution < -0.4 is 9.80 Å². The molecule has 0 aliphatic rings. The maximum Gasteiger partial charge on any atom is 0.0798 e. The van der Waals surface area contributed by atoms with Crippen molar-refractivity contribution >= 4 is 60.2 Å². The van der Waals surface area contributed by atoms with Crippen molar-refractivity contribution in [1.82, 2.24) is 9.80 Å². The van der Waals surface area contributed by atoms with Crippen molar-refractivity contribution in [2.75, 3.05) is 76.8 Å². The first-order valence-corrected chi connectivity index (χ1v) is 12.7. The van der Waals surface area contributed by atoms with Gasteiger partial charge in [-0.15, -0.1) is 0 Å². The molecule has 4 nitrogen and oxygen atoms in total. The lowest BCUT2D eigenvalue weighted by atomic mass is 10.0. The molecule has 172 valence electrons. The second-order valence-electron chi connectivity index (χ2n) is 8.39. The van der Waals surface area contributed by atoms with Crippen molar-refractivity contribution in [2.24, 2.45) is 0 Å². The number of likely N-dealkylation sites (N-methyl/N-ethyl adjacent to an activating group) is 4. The molecule has 31 heavy (non-hydrogen) atoms. The Hall–Kier alpha value is -0.640. The minimum absolute atomic E-state index is 0.848. The molecule has 0 N–H and O–H groups in total. The van der Waals surface area contributed by atoms with E-state index in [2.05, 4.69) is 61.5 Å². The molecule has 0 saturated carbocycles. The topological polar surface area (TPSA) is 13.0 Å². The second kappa shape index (κ2) is 12.0. The zero-order valence-electron chi connectivity index (χ0n) is 19.8. The van der Waals surface area contributed by atoms with Crippen LogP contribution in [-0.2, 0) is 6.42 Å². The molecule has 0 heterocycles. The van der Waals surface area contributed by atoms with E-state index in [1.54, 1.807) is 0 Å². The molecule has 2 rings (SSSR count). The van der Waals surface area contributed by atoms with Crippen LogP contribution in [0, 0.1) is 25.0 Å². The Morgan fingerprint density at radius 3 is 1.81 bits per heavy atom. The average Bonchev–Trinajstić information content (AvgIpc) is 2.77. The van der Waals surface area contributed by atoms with Gasteiger partial charge >= 0.3 is 0 Å². The van der Waals surface area contributed by atoms with Gasteiger partial charge in [0.05, 0.1) is 29.4 Å². The Balaban J connectivity index is 1.86. The van der Waals surface area contributed by atoms with Crippen molar-refractivity contribution in [2.45, 2.75) is 33.6 Å². The Morgan fingerprint density at radius 1 is 0.645 bits per heavy atom. The molecule has 0 aliphatic heterocycles. The highest BCUT2D eigenvalue weighted by atomic mass is 32.1. The molecule has 0 spiro atoms. The first kappa shape index (κ1) is 26.6. The standard InChI is InChI=1S/C23H36N4S4/c1-7-24(4)12-13-26(6)19-17(21(29)23(19)31)10-9-11-27(8-2)15-14-25(5)18-16(3)20(28)22(18)30/h7-15H2,1-6H3. The maximum atomic E-state index is 5.57. The fraction of sp³-hybridized carbons (Fsp3) is 0.652. The van der Waals surface area contributed by atoms with Gasteiger partial charge in [-0.2, -0.15) is 0 Å². The van der Waals surface area contributed by atoms with Crippen LogP contribution in [0.5, 0.6) is 0 Å². The molecule has 0 saturated heterocycles. The molecule has 2 aromatic rings. The Bertz CT molecular complexity index is 1010. The molecule has 0 unspecified atom stereocenters. The summed E-state index contributed by atoms with van der Waals surface area (Å²) in [5.41, 5.74) is 4.79. The van der Waals surface area contributed by atoms with E-state index < -0.39 is 0 Å². The zero-order chi connectivity index (χ0) is 23.3. The van der Waals surface area contributed by atoms with E-state index in [0.29, 0.717) is 0 Å². The normalized spacial score (nSPS) is 11.9. The van der Waals surface area contributed by atoms with Gasteiger partial charge < -0.3 is 19.6 Å². The van der Waals surface area contributed by atoms with Crippen LogP contribution in [0.1, 0.15) is 31.4 Å². The Kier molecular flexibility index (Phi) is 10.3. The summed E-state index contributed by atoms with van der Waals surface area (Å²) in [5.74, 6) is 0. The summed E-state index contributed by atoms with van der Waals surface area (Å²) in [5, 5.41) is 0. The van der Waals surface area contributed by atoms with E-state index in [4.69, 9.17) is 48.9 Å². The third kappa shape index (κ3) is 6.24. The van der Waals surface area contributed by atoms with Crippen molar-refractivity contribution < 1.29 is 0 Å². The zero-order valence-corrected chi connectivity index (χ0v) is 23.1. The van der Waals surface area contributed by atoms with Gasteiger partial charge in [-0.25, -0.2) is 0 Å². The molecular weight excluding hydrogens is 461 g/mol. The van der Waals surface area contributed by atoms with Crippen molar-refractivity contribution in [3.05, 3.63) is 29.2 Å². The van der Waals surface area contributed by atoms with E-state index in [1.807, 2.05) is 0 Å². The van der Waals surface area contributed by atoms with E-state index in [-0.39, 0.29) is 0 Å². The van der Waals surface area contributed by atoms with E-state index >= 15 is 0 Å². The van der Waals surface area contributed by atoms with Crippen molar-refractivity contribution in [1.29, 1.82) is 0 Å². The van der Waals surface area contributed by atoms with Gasteiger partial charge in [0.15, 0.2) is 0 Å². The summed E-state index contributed by atoms with van der Waals surface area (Å²) in [6.45, 7) is 13.6. The predicted octanol–water partition coefficient (Wildman–Crippen LogP) is 5.44. The SMILES string of the molecule is CCN(C)CCN(C)c1c(CCCN(CC)CCN(C)c2c(C)c(=S)c2=S)c(=S)c1=S. The van der Waals surface area contributed by atoms with E-state index in [9.17, 15) is 0 Å². The lowest BCUT2D eigenvalue weighted by molar-refractivity contribution is 0.291. The summed E-state index contributed by atoms with van der Waals surface area (Å²) >= 11 is 21.8. The van der Waals surface area contributed by atoms with Crippen molar-refractivity contribution in [3.8, 4) is 0 Å². The largest absolute Gasteiger partial charge is 0.372 e. The third-order valence-electron chi connectivity index (χ3n) is 6.32. The third-order valence-corrected chi connectivity index (χ3v) is 8.33. The van der Waals surface area contributed by atoms with Crippen LogP contribution in [0.4, 0.5) is 11.4 Å². The van der Waals surface area contributed by atoms with Crippen LogP contribution >= 0.6 is 48.9 Å². The molecule has 2 aromatic carbocycles. The Labute approximate surface area is 208 Å². The minimum Gasteiger partial charge on any atom is -0.372 e. The number of rotatable bonds is 14. The molecule has 0 aromatic heterocycles. The van der Waals surface area contributed by atoms with Crippen LogP contribution in [0.2, 0.25) is 0 Å². The van der Waals surface area contributed by atoms with Gasteiger partial charge in [0, 0.05) is 40.3 Å². The van der Waals surface area contributed by atoms with Crippen LogP contribution in [0.15, 0.2) is 0 Å². The maximum absolute atomic E-state index is 5.57. The number of hydrogen-bond acceptors (Lipinski definition) is 8. The summed E-state index contributed by atoms with van der Waals surface area (Å²) in [4.78, 5) is 9.34. The number of hydrogen-bond donors (Lipinski definition) is 0. The lowest BCUT2D eigenvalue weighted by Gasteiger charge is -2.29. The molecule has 0 radical (unpaired) electrons. The van der Waals surface area contributed by atoms with Gasteiger partial charge in [0.1, 0.15) is 0 Å². The predicted molar refractivity (Wildman–Crippen MR) is 146 cm³/mol. The van der Waals surface area contributed by atoms with Crippen LogP contribution in [-0.4, -0.2) is 76.8 Å². The van der Waals surface area contributed by atoms with E-state index in [0.717, 1.165) is 87.9 Å². The van der Waals surface area contributed by atoms with Gasteiger partial charge in [0.2, 0.25) is 0 Å². The summed E-state index contributed by atoms with van der Waals surface area (Å²) in [6.07, 6.45) is 2.09. The molecule has 0 bridgehead atoms. The van der Waals surface area contributed by atoms with Gasteiger partial charge in [0.25, 0.3) is 0 Å². The minimum atomic E-state index is 0.848. The molecule has 0 atom stereocenters. The molecule has 0 aliphatic carbocycles. The molecular formula is C23H36N4S4. The highest BCUT2D eigenvalue weighted by molar-refractivity contribution is 7.74. The monoisotopic (exact) mass is 496 g/mol. The fourth-order valence-electron chi connectivity index (χ4n) is 3.92. The Morgan fingerprint density at radius 2 is 1.23 bits per heavy atom. The first-order chi connectivity index (χ1) is 14.6. The lowest BCUT2D eigenvalue weighted by Crippen LogP contribution is -2.35.